The van der Waals surface area contributed by atoms with Crippen LogP contribution in [0.25, 0.3) is 5.76 Å². The zero-order valence-corrected chi connectivity index (χ0v) is 16.6. The number of hydrogen-bond acceptors (Lipinski definition) is 5. The van der Waals surface area contributed by atoms with Gasteiger partial charge in [-0.1, -0.05) is 40.2 Å². The lowest BCUT2D eigenvalue weighted by molar-refractivity contribution is -0.132. The molecule has 1 fully saturated rings. The number of aromatic nitrogens is 1. The SMILES string of the molecule is O=C1C(=O)N(c2cccnc2)C(c2ccc(O)cc2)C1=C(O)c1ccc(Br)cc1. The Kier molecular flexibility index (Phi) is 4.90. The first-order valence-electron chi connectivity index (χ1n) is 8.73. The van der Waals surface area contributed by atoms with Crippen LogP contribution in [0.4, 0.5) is 5.69 Å². The fraction of sp³-hybridized carbons (Fsp3) is 0.0455. The van der Waals surface area contributed by atoms with Crippen LogP contribution < -0.4 is 4.90 Å². The highest BCUT2D eigenvalue weighted by atomic mass is 79.9. The van der Waals surface area contributed by atoms with E-state index in [1.54, 1.807) is 54.7 Å². The van der Waals surface area contributed by atoms with Crippen molar-refractivity contribution in [3.8, 4) is 5.75 Å². The molecule has 1 atom stereocenters. The maximum absolute atomic E-state index is 12.9. The molecule has 1 saturated heterocycles. The fourth-order valence-corrected chi connectivity index (χ4v) is 3.59. The first kappa shape index (κ1) is 18.9. The van der Waals surface area contributed by atoms with E-state index in [0.29, 0.717) is 16.8 Å². The molecule has 0 aliphatic carbocycles. The van der Waals surface area contributed by atoms with Crippen molar-refractivity contribution in [2.24, 2.45) is 0 Å². The third kappa shape index (κ3) is 3.40. The third-order valence-electron chi connectivity index (χ3n) is 4.70. The first-order chi connectivity index (χ1) is 14.0. The van der Waals surface area contributed by atoms with Gasteiger partial charge in [0.05, 0.1) is 23.5 Å². The van der Waals surface area contributed by atoms with Crippen molar-refractivity contribution in [3.63, 3.8) is 0 Å². The topological polar surface area (TPSA) is 90.7 Å². The molecule has 3 aromatic rings. The molecule has 2 aromatic carbocycles. The van der Waals surface area contributed by atoms with Gasteiger partial charge in [-0.25, -0.2) is 0 Å². The molecule has 7 heteroatoms. The van der Waals surface area contributed by atoms with Gasteiger partial charge in [0, 0.05) is 16.2 Å². The van der Waals surface area contributed by atoms with Gasteiger partial charge in [-0.15, -0.1) is 0 Å². The van der Waals surface area contributed by atoms with Gasteiger partial charge in [-0.3, -0.25) is 19.5 Å². The van der Waals surface area contributed by atoms with Crippen molar-refractivity contribution < 1.29 is 19.8 Å². The summed E-state index contributed by atoms with van der Waals surface area (Å²) in [5.74, 6) is -1.75. The van der Waals surface area contributed by atoms with Crippen LogP contribution in [0.15, 0.2) is 83.1 Å². The largest absolute Gasteiger partial charge is 0.508 e. The van der Waals surface area contributed by atoms with Gasteiger partial charge >= 0.3 is 0 Å². The summed E-state index contributed by atoms with van der Waals surface area (Å²) in [5.41, 5.74) is 1.40. The number of carbonyl (C=O) groups is 2. The number of anilines is 1. The minimum atomic E-state index is -0.858. The lowest BCUT2D eigenvalue weighted by Crippen LogP contribution is -2.29. The monoisotopic (exact) mass is 450 g/mol. The van der Waals surface area contributed by atoms with Gasteiger partial charge in [-0.2, -0.15) is 0 Å². The van der Waals surface area contributed by atoms with E-state index in [0.717, 1.165) is 4.47 Å². The fourth-order valence-electron chi connectivity index (χ4n) is 3.33. The number of hydrogen-bond donors (Lipinski definition) is 2. The van der Waals surface area contributed by atoms with Crippen LogP contribution >= 0.6 is 15.9 Å². The first-order valence-corrected chi connectivity index (χ1v) is 9.52. The van der Waals surface area contributed by atoms with Gasteiger partial charge in [0.15, 0.2) is 0 Å². The van der Waals surface area contributed by atoms with E-state index in [4.69, 9.17) is 0 Å². The molecule has 0 saturated carbocycles. The molecule has 4 rings (SSSR count). The number of pyridine rings is 1. The van der Waals surface area contributed by atoms with Crippen LogP contribution in [0.5, 0.6) is 5.75 Å². The van der Waals surface area contributed by atoms with Crippen LogP contribution in [0, 0.1) is 0 Å². The highest BCUT2D eigenvalue weighted by Gasteiger charge is 2.47. The smallest absolute Gasteiger partial charge is 0.300 e. The molecule has 1 aliphatic heterocycles. The molecule has 0 bridgehead atoms. The summed E-state index contributed by atoms with van der Waals surface area (Å²) in [6.07, 6.45) is 3.05. The molecule has 144 valence electrons. The summed E-state index contributed by atoms with van der Waals surface area (Å²) < 4.78 is 0.819. The zero-order chi connectivity index (χ0) is 20.5. The number of aromatic hydroxyl groups is 1. The molecule has 2 N–H and O–H groups in total. The van der Waals surface area contributed by atoms with Crippen LogP contribution in [-0.2, 0) is 9.59 Å². The summed E-state index contributed by atoms with van der Waals surface area (Å²) in [6, 6.07) is 15.4. The Morgan fingerprint density at radius 1 is 1.00 bits per heavy atom. The minimum Gasteiger partial charge on any atom is -0.508 e. The van der Waals surface area contributed by atoms with Crippen LogP contribution in [0.3, 0.4) is 0 Å². The van der Waals surface area contributed by atoms with Crippen LogP contribution in [0.2, 0.25) is 0 Å². The zero-order valence-electron chi connectivity index (χ0n) is 15.0. The van der Waals surface area contributed by atoms with Gasteiger partial charge < -0.3 is 10.2 Å². The highest BCUT2D eigenvalue weighted by Crippen LogP contribution is 2.42. The normalized spacial score (nSPS) is 18.2. The number of Topliss-reactive ketones (excluding diaryl/α,β-unsaturated/α-hetero) is 1. The second-order valence-corrected chi connectivity index (χ2v) is 7.39. The van der Waals surface area contributed by atoms with Crippen molar-refractivity contribution in [1.82, 2.24) is 4.98 Å². The molecule has 2 heterocycles. The Balaban J connectivity index is 1.94. The number of aliphatic hydroxyl groups is 1. The predicted octanol–water partition coefficient (Wildman–Crippen LogP) is 4.18. The van der Waals surface area contributed by atoms with E-state index in [1.807, 2.05) is 0 Å². The number of benzene rings is 2. The number of aliphatic hydroxyl groups excluding tert-OH is 1. The lowest BCUT2D eigenvalue weighted by Gasteiger charge is -2.25. The standard InChI is InChI=1S/C22H15BrN2O4/c23-15-7-3-14(4-8-15)20(27)18-19(13-5-9-17(26)10-6-13)25(22(29)21(18)28)16-2-1-11-24-12-16/h1-12,19,26-27H. The van der Waals surface area contributed by atoms with E-state index < -0.39 is 17.7 Å². The van der Waals surface area contributed by atoms with Crippen LogP contribution in [0.1, 0.15) is 17.2 Å². The number of amides is 1. The second-order valence-electron chi connectivity index (χ2n) is 6.48. The maximum Gasteiger partial charge on any atom is 0.300 e. The molecule has 6 nitrogen and oxygen atoms in total. The van der Waals surface area contributed by atoms with Crippen molar-refractivity contribution in [3.05, 3.63) is 94.2 Å². The number of ketones is 1. The minimum absolute atomic E-state index is 0.0214. The van der Waals surface area contributed by atoms with Crippen molar-refractivity contribution in [2.75, 3.05) is 4.90 Å². The summed E-state index contributed by atoms with van der Waals surface area (Å²) in [6.45, 7) is 0. The number of carbonyl (C=O) groups excluding carboxylic acids is 2. The third-order valence-corrected chi connectivity index (χ3v) is 5.22. The predicted molar refractivity (Wildman–Crippen MR) is 111 cm³/mol. The lowest BCUT2D eigenvalue weighted by atomic mass is 9.95. The van der Waals surface area contributed by atoms with Crippen molar-refractivity contribution in [1.29, 1.82) is 0 Å². The molecular weight excluding hydrogens is 436 g/mol. The van der Waals surface area contributed by atoms with E-state index in [-0.39, 0.29) is 17.1 Å². The Hall–Kier alpha value is -3.45. The molecule has 0 radical (unpaired) electrons. The number of nitrogens with zero attached hydrogens (tertiary/aromatic N) is 2. The highest BCUT2D eigenvalue weighted by molar-refractivity contribution is 9.10. The van der Waals surface area contributed by atoms with Gasteiger partial charge in [-0.05, 0) is 42.0 Å². The van der Waals surface area contributed by atoms with E-state index in [9.17, 15) is 19.8 Å². The Morgan fingerprint density at radius 2 is 1.69 bits per heavy atom. The average Bonchev–Trinajstić information content (AvgIpc) is 3.00. The second kappa shape index (κ2) is 7.52. The molecule has 0 spiro atoms. The average molecular weight is 451 g/mol. The molecule has 1 aliphatic rings. The molecule has 1 amide bonds. The number of rotatable bonds is 3. The van der Waals surface area contributed by atoms with Crippen LogP contribution in [-0.4, -0.2) is 26.9 Å². The molecular formula is C22H15BrN2O4. The van der Waals surface area contributed by atoms with Gasteiger partial charge in [0.1, 0.15) is 11.5 Å². The quantitative estimate of drug-likeness (QED) is 0.354. The van der Waals surface area contributed by atoms with Gasteiger partial charge in [0.25, 0.3) is 11.7 Å². The number of phenolic OH excluding ortho intramolecular Hbond substituents is 1. The molecule has 1 aromatic heterocycles. The Labute approximate surface area is 174 Å². The molecule has 29 heavy (non-hydrogen) atoms. The van der Waals surface area contributed by atoms with E-state index in [1.165, 1.54) is 23.2 Å². The van der Waals surface area contributed by atoms with Crippen molar-refractivity contribution >= 4 is 39.1 Å². The summed E-state index contributed by atoms with van der Waals surface area (Å²) in [4.78, 5) is 31.2. The molecule has 1 unspecified atom stereocenters. The number of phenols is 1. The van der Waals surface area contributed by atoms with E-state index >= 15 is 0 Å². The number of halogens is 1. The maximum atomic E-state index is 12.9. The van der Waals surface area contributed by atoms with Crippen molar-refractivity contribution in [2.45, 2.75) is 6.04 Å². The van der Waals surface area contributed by atoms with E-state index in [2.05, 4.69) is 20.9 Å². The summed E-state index contributed by atoms with van der Waals surface area (Å²) >= 11 is 3.34. The summed E-state index contributed by atoms with van der Waals surface area (Å²) in [7, 11) is 0. The Morgan fingerprint density at radius 3 is 2.31 bits per heavy atom. The Bertz CT molecular complexity index is 1110. The summed E-state index contributed by atoms with van der Waals surface area (Å²) in [5, 5.41) is 20.6. The van der Waals surface area contributed by atoms with Gasteiger partial charge in [0.2, 0.25) is 0 Å².